The van der Waals surface area contributed by atoms with Gasteiger partial charge in [-0.2, -0.15) is 0 Å². The molecule has 1 aliphatic rings. The summed E-state index contributed by atoms with van der Waals surface area (Å²) in [7, 11) is 0. The molecule has 0 bridgehead atoms. The third-order valence-corrected chi connectivity index (χ3v) is 4.70. The molecule has 2 aromatic rings. The van der Waals surface area contributed by atoms with Gasteiger partial charge in [-0.15, -0.1) is 0 Å². The Morgan fingerprint density at radius 3 is 1.93 bits per heavy atom. The standard InChI is InChI=1S/C21H22ClN3O3/c1-12(26)23-18-9-16(10-19(11-18)24-13(2)27)21(28)25-20(14-3-4-14)15-5-7-17(22)8-6-15/h5-11,14,20H,3-4H2,1-2H3,(H,23,26)(H,24,27)(H,25,28)/t20-/m0/s1. The van der Waals surface area contributed by atoms with E-state index in [4.69, 9.17) is 11.6 Å². The highest BCUT2D eigenvalue weighted by molar-refractivity contribution is 6.30. The van der Waals surface area contributed by atoms with Crippen LogP contribution in [0.1, 0.15) is 48.7 Å². The van der Waals surface area contributed by atoms with Gasteiger partial charge in [0.25, 0.3) is 5.91 Å². The summed E-state index contributed by atoms with van der Waals surface area (Å²) in [5, 5.41) is 9.04. The second kappa shape index (κ2) is 8.44. The summed E-state index contributed by atoms with van der Waals surface area (Å²) in [6.07, 6.45) is 2.10. The molecule has 3 N–H and O–H groups in total. The van der Waals surface area contributed by atoms with Gasteiger partial charge in [0.05, 0.1) is 6.04 Å². The number of anilines is 2. The van der Waals surface area contributed by atoms with Crippen LogP contribution in [0, 0.1) is 5.92 Å². The molecule has 2 aromatic carbocycles. The summed E-state index contributed by atoms with van der Waals surface area (Å²) in [4.78, 5) is 35.8. The molecule has 1 fully saturated rings. The monoisotopic (exact) mass is 399 g/mol. The van der Waals surface area contributed by atoms with Crippen LogP contribution < -0.4 is 16.0 Å². The zero-order chi connectivity index (χ0) is 20.3. The normalized spacial score (nSPS) is 14.1. The fraction of sp³-hybridized carbons (Fsp3) is 0.286. The van der Waals surface area contributed by atoms with E-state index in [0.29, 0.717) is 27.9 Å². The first-order chi connectivity index (χ1) is 13.3. The Bertz CT molecular complexity index is 873. The predicted octanol–water partition coefficient (Wildman–Crippen LogP) is 4.14. The van der Waals surface area contributed by atoms with Crippen molar-refractivity contribution in [2.45, 2.75) is 32.7 Å². The lowest BCUT2D eigenvalue weighted by Gasteiger charge is -2.20. The van der Waals surface area contributed by atoms with Crippen molar-refractivity contribution >= 4 is 40.7 Å². The molecule has 1 aliphatic carbocycles. The minimum Gasteiger partial charge on any atom is -0.345 e. The molecule has 6 nitrogen and oxygen atoms in total. The number of rotatable bonds is 6. The molecule has 0 aliphatic heterocycles. The molecule has 0 aromatic heterocycles. The number of hydrogen-bond acceptors (Lipinski definition) is 3. The van der Waals surface area contributed by atoms with Crippen LogP contribution in [-0.4, -0.2) is 17.7 Å². The summed E-state index contributed by atoms with van der Waals surface area (Å²) in [6.45, 7) is 2.77. The summed E-state index contributed by atoms with van der Waals surface area (Å²) >= 11 is 5.97. The Balaban J connectivity index is 1.85. The molecule has 1 saturated carbocycles. The lowest BCUT2D eigenvalue weighted by molar-refractivity contribution is -0.115. The van der Waals surface area contributed by atoms with Crippen LogP contribution in [0.2, 0.25) is 5.02 Å². The Hall–Kier alpha value is -2.86. The van der Waals surface area contributed by atoms with Gasteiger partial charge in [-0.25, -0.2) is 0 Å². The van der Waals surface area contributed by atoms with Crippen molar-refractivity contribution in [2.24, 2.45) is 5.92 Å². The number of carbonyl (C=O) groups is 3. The zero-order valence-electron chi connectivity index (χ0n) is 15.7. The number of nitrogens with one attached hydrogen (secondary N) is 3. The number of hydrogen-bond donors (Lipinski definition) is 3. The Morgan fingerprint density at radius 2 is 1.46 bits per heavy atom. The van der Waals surface area contributed by atoms with Crippen molar-refractivity contribution in [2.75, 3.05) is 10.6 Å². The first-order valence-electron chi connectivity index (χ1n) is 9.08. The summed E-state index contributed by atoms with van der Waals surface area (Å²) in [6, 6.07) is 12.1. The molecule has 0 radical (unpaired) electrons. The van der Waals surface area contributed by atoms with Crippen LogP contribution in [0.4, 0.5) is 11.4 Å². The number of benzene rings is 2. The molecular formula is C21H22ClN3O3. The average molecular weight is 400 g/mol. The summed E-state index contributed by atoms with van der Waals surface area (Å²) < 4.78 is 0. The van der Waals surface area contributed by atoms with Crippen LogP contribution in [0.25, 0.3) is 0 Å². The lowest BCUT2D eigenvalue weighted by atomic mass is 10.0. The van der Waals surface area contributed by atoms with Gasteiger partial charge in [0.1, 0.15) is 0 Å². The topological polar surface area (TPSA) is 87.3 Å². The fourth-order valence-electron chi connectivity index (χ4n) is 3.11. The van der Waals surface area contributed by atoms with Gasteiger partial charge in [-0.05, 0) is 54.7 Å². The van der Waals surface area contributed by atoms with Crippen molar-refractivity contribution in [3.8, 4) is 0 Å². The van der Waals surface area contributed by atoms with Gasteiger partial charge in [-0.1, -0.05) is 23.7 Å². The van der Waals surface area contributed by atoms with Crippen LogP contribution in [0.15, 0.2) is 42.5 Å². The van der Waals surface area contributed by atoms with Gasteiger partial charge in [0, 0.05) is 35.8 Å². The Morgan fingerprint density at radius 1 is 0.929 bits per heavy atom. The van der Waals surface area contributed by atoms with Gasteiger partial charge < -0.3 is 16.0 Å². The van der Waals surface area contributed by atoms with Crippen molar-refractivity contribution in [1.82, 2.24) is 5.32 Å². The van der Waals surface area contributed by atoms with Crippen LogP contribution in [0.3, 0.4) is 0 Å². The SMILES string of the molecule is CC(=O)Nc1cc(NC(C)=O)cc(C(=O)N[C@H](c2ccc(Cl)cc2)C2CC2)c1. The van der Waals surface area contributed by atoms with Crippen molar-refractivity contribution in [3.63, 3.8) is 0 Å². The third-order valence-electron chi connectivity index (χ3n) is 4.45. The van der Waals surface area contributed by atoms with Crippen LogP contribution in [0.5, 0.6) is 0 Å². The molecule has 0 spiro atoms. The van der Waals surface area contributed by atoms with E-state index in [1.54, 1.807) is 18.2 Å². The largest absolute Gasteiger partial charge is 0.345 e. The molecule has 7 heteroatoms. The molecule has 0 heterocycles. The first-order valence-corrected chi connectivity index (χ1v) is 9.46. The minimum absolute atomic E-state index is 0.113. The Kier molecular flexibility index (Phi) is 5.99. The summed E-state index contributed by atoms with van der Waals surface area (Å²) in [5.74, 6) is -0.407. The fourth-order valence-corrected chi connectivity index (χ4v) is 3.23. The number of amides is 3. The summed E-state index contributed by atoms with van der Waals surface area (Å²) in [5.41, 5.74) is 2.24. The highest BCUT2D eigenvalue weighted by Crippen LogP contribution is 2.41. The minimum atomic E-state index is -0.273. The van der Waals surface area contributed by atoms with E-state index >= 15 is 0 Å². The van der Waals surface area contributed by atoms with E-state index in [1.807, 2.05) is 24.3 Å². The van der Waals surface area contributed by atoms with Gasteiger partial charge in [0.2, 0.25) is 11.8 Å². The second-order valence-corrected chi connectivity index (χ2v) is 7.44. The molecule has 3 amide bonds. The maximum atomic E-state index is 12.9. The molecule has 146 valence electrons. The van der Waals surface area contributed by atoms with Gasteiger partial charge in [0.15, 0.2) is 0 Å². The molecule has 1 atom stereocenters. The van der Waals surface area contributed by atoms with E-state index in [1.165, 1.54) is 13.8 Å². The molecule has 28 heavy (non-hydrogen) atoms. The lowest BCUT2D eigenvalue weighted by Crippen LogP contribution is -2.30. The second-order valence-electron chi connectivity index (χ2n) is 7.00. The van der Waals surface area contributed by atoms with Gasteiger partial charge >= 0.3 is 0 Å². The van der Waals surface area contributed by atoms with E-state index < -0.39 is 0 Å². The quantitative estimate of drug-likeness (QED) is 0.682. The zero-order valence-corrected chi connectivity index (χ0v) is 16.5. The van der Waals surface area contributed by atoms with Crippen LogP contribution in [-0.2, 0) is 9.59 Å². The highest BCUT2D eigenvalue weighted by atomic mass is 35.5. The highest BCUT2D eigenvalue weighted by Gasteiger charge is 2.33. The Labute approximate surface area is 168 Å². The maximum Gasteiger partial charge on any atom is 0.251 e. The molecular weight excluding hydrogens is 378 g/mol. The average Bonchev–Trinajstić information content (AvgIpc) is 3.44. The van der Waals surface area contributed by atoms with E-state index in [-0.39, 0.29) is 23.8 Å². The van der Waals surface area contributed by atoms with E-state index in [2.05, 4.69) is 16.0 Å². The van der Waals surface area contributed by atoms with Crippen molar-refractivity contribution in [1.29, 1.82) is 0 Å². The maximum absolute atomic E-state index is 12.9. The van der Waals surface area contributed by atoms with E-state index in [9.17, 15) is 14.4 Å². The van der Waals surface area contributed by atoms with E-state index in [0.717, 1.165) is 18.4 Å². The van der Waals surface area contributed by atoms with Crippen molar-refractivity contribution < 1.29 is 14.4 Å². The number of carbonyl (C=O) groups excluding carboxylic acids is 3. The molecule has 0 saturated heterocycles. The smallest absolute Gasteiger partial charge is 0.251 e. The third kappa shape index (κ3) is 5.33. The molecule has 0 unspecified atom stereocenters. The van der Waals surface area contributed by atoms with Gasteiger partial charge in [-0.3, -0.25) is 14.4 Å². The molecule has 3 rings (SSSR count). The van der Waals surface area contributed by atoms with Crippen LogP contribution >= 0.6 is 11.6 Å². The number of halogens is 1. The predicted molar refractivity (Wildman–Crippen MR) is 109 cm³/mol. The first kappa shape index (κ1) is 19.9. The van der Waals surface area contributed by atoms with Crippen molar-refractivity contribution in [3.05, 3.63) is 58.6 Å².